The molecule has 1 N–H and O–H groups in total. The molecule has 1 aliphatic rings. The summed E-state index contributed by atoms with van der Waals surface area (Å²) in [6.45, 7) is 1.06. The van der Waals surface area contributed by atoms with Crippen molar-refractivity contribution in [1.82, 2.24) is 15.2 Å². The van der Waals surface area contributed by atoms with Gasteiger partial charge in [0.15, 0.2) is 0 Å². The molecule has 0 radical (unpaired) electrons. The van der Waals surface area contributed by atoms with Crippen molar-refractivity contribution in [3.05, 3.63) is 65.5 Å². The van der Waals surface area contributed by atoms with Crippen molar-refractivity contribution in [2.45, 2.75) is 31.7 Å². The normalized spacial score (nSPS) is 14.8. The van der Waals surface area contributed by atoms with Crippen LogP contribution in [-0.4, -0.2) is 40.8 Å². The van der Waals surface area contributed by atoms with Crippen molar-refractivity contribution in [3.8, 4) is 0 Å². The Kier molecular flexibility index (Phi) is 6.11. The van der Waals surface area contributed by atoms with Crippen LogP contribution in [0, 0.1) is 11.6 Å². The maximum atomic E-state index is 13.6. The fourth-order valence-electron chi connectivity index (χ4n) is 3.17. The molecule has 1 saturated heterocycles. The summed E-state index contributed by atoms with van der Waals surface area (Å²) in [5.41, 5.74) is 0.718. The van der Waals surface area contributed by atoms with Gasteiger partial charge in [-0.3, -0.25) is 14.6 Å². The van der Waals surface area contributed by atoms with Crippen LogP contribution >= 0.6 is 0 Å². The van der Waals surface area contributed by atoms with E-state index in [4.69, 9.17) is 0 Å². The lowest BCUT2D eigenvalue weighted by atomic mass is 10.0. The summed E-state index contributed by atoms with van der Waals surface area (Å²) in [7, 11) is 0. The van der Waals surface area contributed by atoms with E-state index in [1.165, 1.54) is 6.20 Å². The van der Waals surface area contributed by atoms with Gasteiger partial charge in [-0.15, -0.1) is 0 Å². The monoisotopic (exact) mass is 373 g/mol. The molecule has 1 aromatic heterocycles. The van der Waals surface area contributed by atoms with E-state index in [-0.39, 0.29) is 36.3 Å². The van der Waals surface area contributed by atoms with Gasteiger partial charge in [-0.1, -0.05) is 0 Å². The van der Waals surface area contributed by atoms with Crippen LogP contribution in [0.15, 0.2) is 42.7 Å². The van der Waals surface area contributed by atoms with Crippen LogP contribution in [0.5, 0.6) is 0 Å². The summed E-state index contributed by atoms with van der Waals surface area (Å²) < 4.78 is 26.8. The van der Waals surface area contributed by atoms with Crippen molar-refractivity contribution in [3.63, 3.8) is 0 Å². The topological polar surface area (TPSA) is 62.3 Å². The number of aryl methyl sites for hydroxylation is 1. The van der Waals surface area contributed by atoms with Crippen molar-refractivity contribution in [1.29, 1.82) is 0 Å². The lowest BCUT2D eigenvalue weighted by molar-refractivity contribution is -0.132. The Balaban J connectivity index is 1.45. The molecule has 0 aliphatic carbocycles. The van der Waals surface area contributed by atoms with Gasteiger partial charge in [-0.05, 0) is 55.2 Å². The Morgan fingerprint density at radius 2 is 1.96 bits per heavy atom. The van der Waals surface area contributed by atoms with Crippen molar-refractivity contribution >= 4 is 11.8 Å². The van der Waals surface area contributed by atoms with Crippen LogP contribution in [0.3, 0.4) is 0 Å². The van der Waals surface area contributed by atoms with E-state index in [1.807, 2.05) is 0 Å². The Morgan fingerprint density at radius 1 is 1.19 bits per heavy atom. The second kappa shape index (κ2) is 8.70. The Hall–Kier alpha value is -2.83. The minimum Gasteiger partial charge on any atom is -0.349 e. The van der Waals surface area contributed by atoms with E-state index in [2.05, 4.69) is 10.3 Å². The van der Waals surface area contributed by atoms with E-state index in [9.17, 15) is 18.4 Å². The number of hydrogen-bond donors (Lipinski definition) is 1. The van der Waals surface area contributed by atoms with E-state index < -0.39 is 11.6 Å². The number of piperidine rings is 1. The summed E-state index contributed by atoms with van der Waals surface area (Å²) in [6.07, 6.45) is 4.74. The SMILES string of the molecule is O=C(NC1CCN(C(=O)CCc2cc(F)ccc2F)CC1)c1cccnc1. The largest absolute Gasteiger partial charge is 0.349 e. The van der Waals surface area contributed by atoms with Gasteiger partial charge in [-0.25, -0.2) is 8.78 Å². The summed E-state index contributed by atoms with van der Waals surface area (Å²) >= 11 is 0. The zero-order chi connectivity index (χ0) is 19.2. The van der Waals surface area contributed by atoms with Gasteiger partial charge in [0.1, 0.15) is 11.6 Å². The first-order chi connectivity index (χ1) is 13.0. The highest BCUT2D eigenvalue weighted by Gasteiger charge is 2.24. The number of carbonyl (C=O) groups is 2. The number of pyridine rings is 1. The quantitative estimate of drug-likeness (QED) is 0.877. The van der Waals surface area contributed by atoms with Crippen molar-refractivity contribution in [2.24, 2.45) is 0 Å². The fourth-order valence-corrected chi connectivity index (χ4v) is 3.17. The van der Waals surface area contributed by atoms with E-state index in [1.54, 1.807) is 23.2 Å². The third-order valence-corrected chi connectivity index (χ3v) is 4.72. The van der Waals surface area contributed by atoms with Gasteiger partial charge in [0.25, 0.3) is 5.91 Å². The molecule has 1 aromatic carbocycles. The number of nitrogens with zero attached hydrogens (tertiary/aromatic N) is 2. The summed E-state index contributed by atoms with van der Waals surface area (Å²) in [5.74, 6) is -1.27. The molecule has 0 unspecified atom stereocenters. The molecule has 0 spiro atoms. The average molecular weight is 373 g/mol. The standard InChI is InChI=1S/C20H21F2N3O2/c21-16-4-5-18(22)14(12-16)3-6-19(26)25-10-7-17(8-11-25)24-20(27)15-2-1-9-23-13-15/h1-2,4-5,9,12-13,17H,3,6-8,10-11H2,(H,24,27). The van der Waals surface area contributed by atoms with Crippen LogP contribution in [0.1, 0.15) is 35.2 Å². The summed E-state index contributed by atoms with van der Waals surface area (Å²) in [4.78, 5) is 30.1. The molecule has 2 aromatic rings. The van der Waals surface area contributed by atoms with Crippen LogP contribution in [0.4, 0.5) is 8.78 Å². The summed E-state index contributed by atoms with van der Waals surface area (Å²) in [6, 6.07) is 6.67. The molecular formula is C20H21F2N3O2. The minimum absolute atomic E-state index is 0.00224. The summed E-state index contributed by atoms with van der Waals surface area (Å²) in [5, 5.41) is 2.96. The maximum Gasteiger partial charge on any atom is 0.253 e. The highest BCUT2D eigenvalue weighted by Crippen LogP contribution is 2.16. The molecule has 1 fully saturated rings. The number of amides is 2. The van der Waals surface area contributed by atoms with Gasteiger partial charge in [-0.2, -0.15) is 0 Å². The smallest absolute Gasteiger partial charge is 0.253 e. The molecule has 3 rings (SSSR count). The van der Waals surface area contributed by atoms with Crippen LogP contribution < -0.4 is 5.32 Å². The Bertz CT molecular complexity index is 806. The number of benzene rings is 1. The second-order valence-electron chi connectivity index (χ2n) is 6.61. The molecular weight excluding hydrogens is 352 g/mol. The van der Waals surface area contributed by atoms with Crippen LogP contribution in [-0.2, 0) is 11.2 Å². The average Bonchev–Trinajstić information content (AvgIpc) is 2.69. The lowest BCUT2D eigenvalue weighted by Crippen LogP contribution is -2.46. The zero-order valence-electron chi connectivity index (χ0n) is 14.8. The molecule has 142 valence electrons. The van der Waals surface area contributed by atoms with Gasteiger partial charge < -0.3 is 10.2 Å². The molecule has 1 aliphatic heterocycles. The number of likely N-dealkylation sites (tertiary alicyclic amines) is 1. The molecule has 2 heterocycles. The first kappa shape index (κ1) is 18.9. The van der Waals surface area contributed by atoms with Crippen LogP contribution in [0.25, 0.3) is 0 Å². The number of hydrogen-bond acceptors (Lipinski definition) is 3. The Morgan fingerprint density at radius 3 is 2.67 bits per heavy atom. The number of rotatable bonds is 5. The molecule has 0 bridgehead atoms. The zero-order valence-corrected chi connectivity index (χ0v) is 14.8. The van der Waals surface area contributed by atoms with Crippen molar-refractivity contribution < 1.29 is 18.4 Å². The highest BCUT2D eigenvalue weighted by atomic mass is 19.1. The third-order valence-electron chi connectivity index (χ3n) is 4.72. The Labute approximate surface area is 156 Å². The first-order valence-corrected chi connectivity index (χ1v) is 8.95. The molecule has 27 heavy (non-hydrogen) atoms. The molecule has 0 atom stereocenters. The fraction of sp³-hybridized carbons (Fsp3) is 0.350. The van der Waals surface area contributed by atoms with Gasteiger partial charge in [0, 0.05) is 37.9 Å². The van der Waals surface area contributed by atoms with Crippen LogP contribution in [0.2, 0.25) is 0 Å². The molecule has 0 saturated carbocycles. The second-order valence-corrected chi connectivity index (χ2v) is 6.61. The van der Waals surface area contributed by atoms with E-state index in [0.717, 1.165) is 18.2 Å². The number of carbonyl (C=O) groups excluding carboxylic acids is 2. The third kappa shape index (κ3) is 5.09. The van der Waals surface area contributed by atoms with E-state index >= 15 is 0 Å². The maximum absolute atomic E-state index is 13.6. The number of aromatic nitrogens is 1. The van der Waals surface area contributed by atoms with Gasteiger partial charge in [0.05, 0.1) is 5.56 Å². The molecule has 2 amide bonds. The van der Waals surface area contributed by atoms with Crippen molar-refractivity contribution in [2.75, 3.05) is 13.1 Å². The van der Waals surface area contributed by atoms with E-state index in [0.29, 0.717) is 31.5 Å². The minimum atomic E-state index is -0.510. The molecule has 7 heteroatoms. The highest BCUT2D eigenvalue weighted by molar-refractivity contribution is 5.94. The predicted octanol–water partition coefficient (Wildman–Crippen LogP) is 2.71. The number of nitrogens with one attached hydrogen (secondary N) is 1. The first-order valence-electron chi connectivity index (χ1n) is 8.95. The number of halogens is 2. The van der Waals surface area contributed by atoms with Gasteiger partial charge in [0.2, 0.25) is 5.91 Å². The lowest BCUT2D eigenvalue weighted by Gasteiger charge is -2.32. The van der Waals surface area contributed by atoms with Gasteiger partial charge >= 0.3 is 0 Å². The molecule has 5 nitrogen and oxygen atoms in total. The predicted molar refractivity (Wildman–Crippen MR) is 96.0 cm³/mol.